The number of hydrogen-bond acceptors (Lipinski definition) is 1. The summed E-state index contributed by atoms with van der Waals surface area (Å²) in [6, 6.07) is 0. The Balaban J connectivity index is 2.30. The average molecular weight is 123 g/mol. The fourth-order valence-corrected chi connectivity index (χ4v) is 1.02. The Hall–Kier alpha value is -0.560. The molecule has 1 aliphatic carbocycles. The molecule has 1 aliphatic rings. The van der Waals surface area contributed by atoms with Crippen LogP contribution < -0.4 is 0 Å². The molecule has 0 spiro atoms. The lowest BCUT2D eigenvalue weighted by atomic mass is 10.2. The van der Waals surface area contributed by atoms with Gasteiger partial charge in [0.2, 0.25) is 0 Å². The summed E-state index contributed by atoms with van der Waals surface area (Å²) < 4.78 is 0. The number of likely N-dealkylation sites (N-methyl/N-ethyl adjacent to an activating group) is 1. The summed E-state index contributed by atoms with van der Waals surface area (Å²) in [6.07, 6.45) is 7.66. The van der Waals surface area contributed by atoms with Gasteiger partial charge in [0.05, 0.1) is 0 Å². The van der Waals surface area contributed by atoms with Gasteiger partial charge in [0, 0.05) is 6.54 Å². The normalized spacial score (nSPS) is 17.0. The van der Waals surface area contributed by atoms with Gasteiger partial charge in [0.1, 0.15) is 0 Å². The molecule has 9 heavy (non-hydrogen) atoms. The minimum atomic E-state index is 1.10. The van der Waals surface area contributed by atoms with E-state index in [2.05, 4.69) is 37.2 Å². The van der Waals surface area contributed by atoms with Crippen molar-refractivity contribution in [2.24, 2.45) is 0 Å². The zero-order valence-electron chi connectivity index (χ0n) is 6.09. The molecule has 0 fully saturated rings. The Morgan fingerprint density at radius 1 is 1.56 bits per heavy atom. The molecule has 0 amide bonds. The molecule has 0 heterocycles. The summed E-state index contributed by atoms with van der Waals surface area (Å²) in [7, 11) is 4.19. The molecule has 0 bridgehead atoms. The van der Waals surface area contributed by atoms with Crippen molar-refractivity contribution in [3.8, 4) is 0 Å². The van der Waals surface area contributed by atoms with E-state index < -0.39 is 0 Å². The van der Waals surface area contributed by atoms with Gasteiger partial charge in [-0.1, -0.05) is 23.8 Å². The quantitative estimate of drug-likeness (QED) is 0.537. The number of nitrogens with zero attached hydrogens (tertiary/aromatic N) is 1. The van der Waals surface area contributed by atoms with E-state index in [0.29, 0.717) is 0 Å². The second kappa shape index (κ2) is 2.83. The summed E-state index contributed by atoms with van der Waals surface area (Å²) in [6.45, 7) is 1.10. The van der Waals surface area contributed by atoms with Gasteiger partial charge < -0.3 is 4.90 Å². The maximum Gasteiger partial charge on any atom is 0.0193 e. The molecule has 1 nitrogen and oxygen atoms in total. The maximum absolute atomic E-state index is 2.19. The molecule has 1 rings (SSSR count). The van der Waals surface area contributed by atoms with Crippen molar-refractivity contribution in [3.05, 3.63) is 23.8 Å². The monoisotopic (exact) mass is 123 g/mol. The minimum absolute atomic E-state index is 1.10. The molecule has 0 radical (unpaired) electrons. The molecule has 0 N–H and O–H groups in total. The van der Waals surface area contributed by atoms with Gasteiger partial charge in [-0.05, 0) is 20.5 Å². The van der Waals surface area contributed by atoms with Crippen LogP contribution >= 0.6 is 0 Å². The molecule has 50 valence electrons. The number of hydrogen-bond donors (Lipinski definition) is 0. The first-order chi connectivity index (χ1) is 4.29. The van der Waals surface area contributed by atoms with E-state index in [-0.39, 0.29) is 0 Å². The highest BCUT2D eigenvalue weighted by Gasteiger charge is 1.98. The van der Waals surface area contributed by atoms with Crippen molar-refractivity contribution in [1.82, 2.24) is 4.90 Å². The first-order valence-electron chi connectivity index (χ1n) is 3.28. The molecule has 0 saturated heterocycles. The molecule has 1 heteroatoms. The Bertz CT molecular complexity index is 143. The topological polar surface area (TPSA) is 3.24 Å². The van der Waals surface area contributed by atoms with E-state index in [4.69, 9.17) is 0 Å². The Morgan fingerprint density at radius 2 is 2.33 bits per heavy atom. The van der Waals surface area contributed by atoms with E-state index in [1.807, 2.05) is 0 Å². The maximum atomic E-state index is 2.19. The third-order valence-electron chi connectivity index (χ3n) is 1.37. The van der Waals surface area contributed by atoms with E-state index in [1.54, 1.807) is 0 Å². The average Bonchev–Trinajstić information content (AvgIpc) is 2.15. The third kappa shape index (κ3) is 2.02. The molecule has 0 unspecified atom stereocenters. The highest BCUT2D eigenvalue weighted by Crippen LogP contribution is 2.09. The third-order valence-corrected chi connectivity index (χ3v) is 1.37. The number of allylic oxidation sites excluding steroid dienone is 3. The largest absolute Gasteiger partial charge is 0.305 e. The predicted molar refractivity (Wildman–Crippen MR) is 40.4 cm³/mol. The summed E-state index contributed by atoms with van der Waals surface area (Å²) in [4.78, 5) is 2.19. The summed E-state index contributed by atoms with van der Waals surface area (Å²) in [5.74, 6) is 0. The molecule has 0 aromatic rings. The van der Waals surface area contributed by atoms with Gasteiger partial charge >= 0.3 is 0 Å². The standard InChI is InChI=1S/C8H13N/c1-9(2)7-8-5-3-4-6-8/h3-5H,6-7H2,1-2H3. The van der Waals surface area contributed by atoms with Gasteiger partial charge in [0.25, 0.3) is 0 Å². The molecule has 0 aromatic carbocycles. The van der Waals surface area contributed by atoms with Crippen molar-refractivity contribution in [1.29, 1.82) is 0 Å². The fraction of sp³-hybridized carbons (Fsp3) is 0.500. The van der Waals surface area contributed by atoms with Crippen LogP contribution in [0.1, 0.15) is 6.42 Å². The van der Waals surface area contributed by atoms with E-state index in [1.165, 1.54) is 5.57 Å². The summed E-state index contributed by atoms with van der Waals surface area (Å²) in [5, 5.41) is 0. The van der Waals surface area contributed by atoms with E-state index >= 15 is 0 Å². The smallest absolute Gasteiger partial charge is 0.0193 e. The van der Waals surface area contributed by atoms with Crippen molar-refractivity contribution < 1.29 is 0 Å². The lowest BCUT2D eigenvalue weighted by Crippen LogP contribution is -2.14. The SMILES string of the molecule is CN(C)CC1=CC=CC1. The first-order valence-corrected chi connectivity index (χ1v) is 3.28. The van der Waals surface area contributed by atoms with Crippen LogP contribution in [0.4, 0.5) is 0 Å². The minimum Gasteiger partial charge on any atom is -0.305 e. The van der Waals surface area contributed by atoms with Crippen molar-refractivity contribution in [3.63, 3.8) is 0 Å². The first kappa shape index (κ1) is 6.56. The summed E-state index contributed by atoms with van der Waals surface area (Å²) in [5.41, 5.74) is 1.51. The van der Waals surface area contributed by atoms with Gasteiger partial charge in [-0.25, -0.2) is 0 Å². The lowest BCUT2D eigenvalue weighted by molar-refractivity contribution is 0.443. The van der Waals surface area contributed by atoms with Gasteiger partial charge in [0.15, 0.2) is 0 Å². The van der Waals surface area contributed by atoms with E-state index in [9.17, 15) is 0 Å². The van der Waals surface area contributed by atoms with Crippen LogP contribution in [0.2, 0.25) is 0 Å². The second-order valence-corrected chi connectivity index (χ2v) is 2.69. The Kier molecular flexibility index (Phi) is 2.06. The van der Waals surface area contributed by atoms with Crippen LogP contribution in [0.25, 0.3) is 0 Å². The van der Waals surface area contributed by atoms with Crippen LogP contribution in [-0.2, 0) is 0 Å². The van der Waals surface area contributed by atoms with Crippen LogP contribution in [-0.4, -0.2) is 25.5 Å². The van der Waals surface area contributed by atoms with Crippen LogP contribution in [0.3, 0.4) is 0 Å². The van der Waals surface area contributed by atoms with E-state index in [0.717, 1.165) is 13.0 Å². The van der Waals surface area contributed by atoms with Crippen molar-refractivity contribution in [2.75, 3.05) is 20.6 Å². The van der Waals surface area contributed by atoms with Crippen LogP contribution in [0.15, 0.2) is 23.8 Å². The zero-order chi connectivity index (χ0) is 6.69. The van der Waals surface area contributed by atoms with Gasteiger partial charge in [-0.3, -0.25) is 0 Å². The number of rotatable bonds is 2. The second-order valence-electron chi connectivity index (χ2n) is 2.69. The lowest BCUT2D eigenvalue weighted by Gasteiger charge is -2.08. The molecular formula is C8H13N. The van der Waals surface area contributed by atoms with Gasteiger partial charge in [-0.15, -0.1) is 0 Å². The Labute approximate surface area is 56.7 Å². The predicted octanol–water partition coefficient (Wildman–Crippen LogP) is 1.43. The Morgan fingerprint density at radius 3 is 2.78 bits per heavy atom. The van der Waals surface area contributed by atoms with Crippen LogP contribution in [0, 0.1) is 0 Å². The molecule has 0 aromatic heterocycles. The summed E-state index contributed by atoms with van der Waals surface area (Å²) >= 11 is 0. The molecule has 0 aliphatic heterocycles. The molecule has 0 atom stereocenters. The highest BCUT2D eigenvalue weighted by atomic mass is 15.0. The van der Waals surface area contributed by atoms with Crippen LogP contribution in [0.5, 0.6) is 0 Å². The zero-order valence-corrected chi connectivity index (χ0v) is 6.09. The fourth-order valence-electron chi connectivity index (χ4n) is 1.02. The van der Waals surface area contributed by atoms with Crippen molar-refractivity contribution >= 4 is 0 Å². The highest BCUT2D eigenvalue weighted by molar-refractivity contribution is 5.23. The molecular weight excluding hydrogens is 110 g/mol. The van der Waals surface area contributed by atoms with Gasteiger partial charge in [-0.2, -0.15) is 0 Å². The van der Waals surface area contributed by atoms with Crippen molar-refractivity contribution in [2.45, 2.75) is 6.42 Å². The molecule has 0 saturated carbocycles.